The Kier molecular flexibility index (Phi) is 5.81. The monoisotopic (exact) mass is 284 g/mol. The van der Waals surface area contributed by atoms with E-state index in [0.717, 1.165) is 12.1 Å². The van der Waals surface area contributed by atoms with Gasteiger partial charge in [-0.3, -0.25) is 4.18 Å². The lowest BCUT2D eigenvalue weighted by Gasteiger charge is -2.02. The molecule has 0 fully saturated rings. The molecular weight excluding hydrogens is 268 g/mol. The molecule has 0 aliphatic carbocycles. The summed E-state index contributed by atoms with van der Waals surface area (Å²) in [4.78, 5) is 4.27. The van der Waals surface area contributed by atoms with Crippen LogP contribution in [0.25, 0.3) is 11.0 Å². The van der Waals surface area contributed by atoms with E-state index in [4.69, 9.17) is 0 Å². The first-order valence-corrected chi connectivity index (χ1v) is 7.14. The maximum absolute atomic E-state index is 9.45. The van der Waals surface area contributed by atoms with E-state index in [1.54, 1.807) is 0 Å². The number of fused-ring (bicyclic) bond motifs is 1. The zero-order valence-electron chi connectivity index (χ0n) is 10.8. The number of aromatic nitrogens is 2. The van der Waals surface area contributed by atoms with E-state index >= 15 is 0 Å². The molecule has 0 radical (unpaired) electrons. The zero-order chi connectivity index (χ0) is 14.3. The van der Waals surface area contributed by atoms with Crippen molar-refractivity contribution in [3.05, 3.63) is 36.7 Å². The van der Waals surface area contributed by atoms with Gasteiger partial charge in [0.05, 0.1) is 12.8 Å². The van der Waals surface area contributed by atoms with Crippen LogP contribution in [0.4, 0.5) is 0 Å². The molecular formula is C12H16N2O4S. The van der Waals surface area contributed by atoms with Crippen LogP contribution in [0.15, 0.2) is 36.7 Å². The van der Waals surface area contributed by atoms with Crippen LogP contribution in [0.5, 0.6) is 0 Å². The van der Waals surface area contributed by atoms with Gasteiger partial charge in [-0.15, -0.1) is 0 Å². The summed E-state index contributed by atoms with van der Waals surface area (Å²) in [6, 6.07) is 8.17. The molecule has 0 aliphatic heterocycles. The molecule has 0 bridgehead atoms. The fourth-order valence-corrected chi connectivity index (χ4v) is 1.80. The highest BCUT2D eigenvalue weighted by molar-refractivity contribution is 7.80. The van der Waals surface area contributed by atoms with Crippen molar-refractivity contribution in [3.8, 4) is 0 Å². The Hall–Kier alpha value is -1.57. The summed E-state index contributed by atoms with van der Waals surface area (Å²) < 4.78 is 34.2. The molecule has 1 heterocycles. The third-order valence-electron chi connectivity index (χ3n) is 2.25. The Bertz CT molecular complexity index is 623. The maximum atomic E-state index is 9.45. The van der Waals surface area contributed by atoms with Crippen LogP contribution in [0.2, 0.25) is 0 Å². The van der Waals surface area contributed by atoms with Gasteiger partial charge in [-0.05, 0) is 19.9 Å². The first-order valence-electron chi connectivity index (χ1n) is 5.81. The lowest BCUT2D eigenvalue weighted by molar-refractivity contribution is -0.668. The quantitative estimate of drug-likeness (QED) is 0.477. The van der Waals surface area contributed by atoms with Crippen molar-refractivity contribution in [2.45, 2.75) is 20.4 Å². The number of aryl methyl sites for hydroxylation is 1. The van der Waals surface area contributed by atoms with Gasteiger partial charge < -0.3 is 4.55 Å². The van der Waals surface area contributed by atoms with Gasteiger partial charge in [-0.1, -0.05) is 12.1 Å². The highest BCUT2D eigenvalue weighted by Crippen LogP contribution is 2.03. The lowest BCUT2D eigenvalue weighted by Crippen LogP contribution is -2.32. The molecule has 0 unspecified atom stereocenters. The molecule has 7 heteroatoms. The van der Waals surface area contributed by atoms with Crippen LogP contribution in [0, 0.1) is 0 Å². The largest absolute Gasteiger partial charge is 0.726 e. The fraction of sp³-hybridized carbons (Fsp3) is 0.333. The van der Waals surface area contributed by atoms with E-state index < -0.39 is 10.4 Å². The molecule has 0 amide bonds. The number of benzene rings is 1. The molecule has 0 saturated heterocycles. The first-order chi connectivity index (χ1) is 8.98. The highest BCUT2D eigenvalue weighted by Gasteiger charge is 2.04. The Morgan fingerprint density at radius 3 is 2.53 bits per heavy atom. The molecule has 104 valence electrons. The van der Waals surface area contributed by atoms with Crippen molar-refractivity contribution < 1.29 is 21.7 Å². The van der Waals surface area contributed by atoms with Crippen LogP contribution < -0.4 is 4.57 Å². The number of hydrogen-bond donors (Lipinski definition) is 0. The molecule has 0 aliphatic rings. The van der Waals surface area contributed by atoms with Crippen molar-refractivity contribution in [3.63, 3.8) is 0 Å². The highest BCUT2D eigenvalue weighted by atomic mass is 32.3. The number of hydrogen-bond acceptors (Lipinski definition) is 5. The molecule has 6 nitrogen and oxygen atoms in total. The van der Waals surface area contributed by atoms with Gasteiger partial charge >= 0.3 is 0 Å². The average molecular weight is 284 g/mol. The van der Waals surface area contributed by atoms with Crippen LogP contribution >= 0.6 is 0 Å². The molecule has 19 heavy (non-hydrogen) atoms. The van der Waals surface area contributed by atoms with Crippen LogP contribution in [0.3, 0.4) is 0 Å². The summed E-state index contributed by atoms with van der Waals surface area (Å²) in [5, 5.41) is 0. The normalized spacial score (nSPS) is 10.9. The van der Waals surface area contributed by atoms with Crippen molar-refractivity contribution in [1.29, 1.82) is 0 Å². The molecule has 1 aromatic carbocycles. The second kappa shape index (κ2) is 7.13. The van der Waals surface area contributed by atoms with Gasteiger partial charge in [0.15, 0.2) is 6.20 Å². The van der Waals surface area contributed by atoms with Crippen LogP contribution in [-0.2, 0) is 21.1 Å². The summed E-state index contributed by atoms with van der Waals surface area (Å²) in [6.07, 6.45) is 3.84. The average Bonchev–Trinajstić information content (AvgIpc) is 2.37. The standard InChI is InChI=1S/C10H11N2.C2H6O4S/c1-2-12-8-7-11-9-5-3-4-6-10(9)12;1-2-6-7(3,4)5/h3-8H,2H2,1H3;2H2,1H3,(H,3,4,5)/q+1;/p-1. The summed E-state index contributed by atoms with van der Waals surface area (Å²) >= 11 is 0. The molecule has 0 saturated carbocycles. The third kappa shape index (κ3) is 5.29. The molecule has 0 spiro atoms. The second-order valence-corrected chi connectivity index (χ2v) is 4.57. The Morgan fingerprint density at radius 1 is 1.32 bits per heavy atom. The van der Waals surface area contributed by atoms with Gasteiger partial charge in [0, 0.05) is 6.07 Å². The first kappa shape index (κ1) is 15.5. The minimum absolute atomic E-state index is 0.0914. The van der Waals surface area contributed by atoms with Crippen LogP contribution in [-0.4, -0.2) is 24.6 Å². The zero-order valence-corrected chi connectivity index (χ0v) is 11.6. The SMILES string of the molecule is CCOS(=O)(=O)[O-].CC[n+]1ccnc2ccccc21. The van der Waals surface area contributed by atoms with E-state index in [1.165, 1.54) is 12.4 Å². The molecule has 1 aromatic heterocycles. The summed E-state index contributed by atoms with van der Waals surface area (Å²) in [5.41, 5.74) is 2.25. The van der Waals surface area contributed by atoms with E-state index in [1.807, 2.05) is 30.6 Å². The van der Waals surface area contributed by atoms with E-state index in [2.05, 4.69) is 26.7 Å². The minimum Gasteiger partial charge on any atom is -0.726 e. The van der Waals surface area contributed by atoms with Crippen LogP contribution in [0.1, 0.15) is 13.8 Å². The fourth-order valence-electron chi connectivity index (χ4n) is 1.51. The Balaban J connectivity index is 0.000000224. The number of rotatable bonds is 3. The minimum atomic E-state index is -4.42. The molecule has 0 N–H and O–H groups in total. The second-order valence-electron chi connectivity index (χ2n) is 3.52. The summed E-state index contributed by atoms with van der Waals surface area (Å²) in [7, 11) is -4.42. The van der Waals surface area contributed by atoms with Gasteiger partial charge in [-0.2, -0.15) is 4.57 Å². The van der Waals surface area contributed by atoms with E-state index in [0.29, 0.717) is 0 Å². The summed E-state index contributed by atoms with van der Waals surface area (Å²) in [5.74, 6) is 0. The third-order valence-corrected chi connectivity index (χ3v) is 2.78. The molecule has 0 atom stereocenters. The summed E-state index contributed by atoms with van der Waals surface area (Å²) in [6.45, 7) is 4.46. The van der Waals surface area contributed by atoms with E-state index in [9.17, 15) is 13.0 Å². The van der Waals surface area contributed by atoms with Gasteiger partial charge in [-0.25, -0.2) is 13.4 Å². The molecule has 2 rings (SSSR count). The maximum Gasteiger partial charge on any atom is 0.231 e. The topological polar surface area (TPSA) is 83.2 Å². The molecule has 2 aromatic rings. The van der Waals surface area contributed by atoms with Crippen molar-refractivity contribution >= 4 is 21.4 Å². The van der Waals surface area contributed by atoms with Crippen molar-refractivity contribution in [1.82, 2.24) is 4.98 Å². The van der Waals surface area contributed by atoms with Crippen molar-refractivity contribution in [2.75, 3.05) is 6.61 Å². The number of para-hydroxylation sites is 2. The van der Waals surface area contributed by atoms with E-state index in [-0.39, 0.29) is 6.61 Å². The number of nitrogens with zero attached hydrogens (tertiary/aromatic N) is 2. The predicted molar refractivity (Wildman–Crippen MR) is 68.9 cm³/mol. The lowest BCUT2D eigenvalue weighted by atomic mass is 10.3. The smallest absolute Gasteiger partial charge is 0.231 e. The van der Waals surface area contributed by atoms with Gasteiger partial charge in [0.2, 0.25) is 15.9 Å². The Morgan fingerprint density at radius 2 is 2.00 bits per heavy atom. The Labute approximate surface area is 112 Å². The van der Waals surface area contributed by atoms with Gasteiger partial charge in [0.1, 0.15) is 12.1 Å². The predicted octanol–water partition coefficient (Wildman–Crippen LogP) is 1.03. The van der Waals surface area contributed by atoms with Crippen molar-refractivity contribution in [2.24, 2.45) is 0 Å². The van der Waals surface area contributed by atoms with Gasteiger partial charge in [0.25, 0.3) is 0 Å².